The Morgan fingerprint density at radius 1 is 1.04 bits per heavy atom. The molecular weight excluding hydrogens is 310 g/mol. The lowest BCUT2D eigenvalue weighted by atomic mass is 10.00. The summed E-state index contributed by atoms with van der Waals surface area (Å²) < 4.78 is 0. The molecule has 3 aromatic carbocycles. The highest BCUT2D eigenvalue weighted by molar-refractivity contribution is 6.29. The molecule has 0 bridgehead atoms. The van der Waals surface area contributed by atoms with Crippen LogP contribution in [0.4, 0.5) is 5.69 Å². The summed E-state index contributed by atoms with van der Waals surface area (Å²) in [5, 5.41) is 8.05. The molecule has 0 radical (unpaired) electrons. The molecule has 112 valence electrons. The van der Waals surface area contributed by atoms with Crippen LogP contribution in [-0.2, 0) is 4.79 Å². The number of nitrogens with one attached hydrogen (secondary N) is 1. The van der Waals surface area contributed by atoms with E-state index in [2.05, 4.69) is 27.4 Å². The lowest BCUT2D eigenvalue weighted by molar-refractivity contribution is -0.113. The van der Waals surface area contributed by atoms with E-state index in [0.29, 0.717) is 0 Å². The first-order chi connectivity index (χ1) is 11.3. The van der Waals surface area contributed by atoms with Gasteiger partial charge in [-0.15, -0.1) is 11.6 Å². The second-order valence-corrected chi connectivity index (χ2v) is 5.57. The number of rotatable bonds is 2. The molecule has 0 saturated heterocycles. The van der Waals surface area contributed by atoms with Crippen LogP contribution in [0, 0.1) is 0 Å². The molecule has 0 aliphatic carbocycles. The van der Waals surface area contributed by atoms with Gasteiger partial charge in [0.2, 0.25) is 5.91 Å². The molecule has 0 atom stereocenters. The molecule has 5 heteroatoms. The van der Waals surface area contributed by atoms with Crippen molar-refractivity contribution in [2.75, 3.05) is 11.2 Å². The molecule has 1 heterocycles. The van der Waals surface area contributed by atoms with Gasteiger partial charge >= 0.3 is 0 Å². The molecule has 0 saturated carbocycles. The molecule has 4 rings (SSSR count). The Labute approximate surface area is 137 Å². The predicted octanol–water partition coefficient (Wildman–Crippen LogP) is 4.11. The summed E-state index contributed by atoms with van der Waals surface area (Å²) in [4.78, 5) is 20.0. The number of hydrogen-bond donors (Lipinski definition) is 1. The van der Waals surface area contributed by atoms with Crippen molar-refractivity contribution in [2.45, 2.75) is 0 Å². The summed E-state index contributed by atoms with van der Waals surface area (Å²) in [6, 6.07) is 14.0. The van der Waals surface area contributed by atoms with Gasteiger partial charge in [0.25, 0.3) is 0 Å². The minimum atomic E-state index is -0.217. The van der Waals surface area contributed by atoms with E-state index in [1.165, 1.54) is 0 Å². The first-order valence-electron chi connectivity index (χ1n) is 7.17. The quantitative estimate of drug-likeness (QED) is 0.343. The number of carbonyl (C=O) groups is 1. The Morgan fingerprint density at radius 3 is 2.74 bits per heavy atom. The third-order valence-electron chi connectivity index (χ3n) is 3.90. The van der Waals surface area contributed by atoms with Crippen LogP contribution in [0.15, 0.2) is 55.0 Å². The normalized spacial score (nSPS) is 11.2. The van der Waals surface area contributed by atoms with Crippen LogP contribution in [0.2, 0.25) is 0 Å². The van der Waals surface area contributed by atoms with E-state index in [1.54, 1.807) is 6.33 Å². The zero-order valence-electron chi connectivity index (χ0n) is 12.1. The van der Waals surface area contributed by atoms with Crippen LogP contribution >= 0.6 is 11.6 Å². The standard InChI is InChI=1S/C18H12ClN3O/c19-8-18(23)22-17-3-1-2-11-6-13-12(7-14(11)17)4-5-16-15(13)9-20-10-21-16/h1-7,9-10H,8H2,(H,22,23). The summed E-state index contributed by atoms with van der Waals surface area (Å²) in [6.07, 6.45) is 3.38. The van der Waals surface area contributed by atoms with Crippen LogP contribution in [-0.4, -0.2) is 21.8 Å². The zero-order valence-corrected chi connectivity index (χ0v) is 12.8. The monoisotopic (exact) mass is 321 g/mol. The van der Waals surface area contributed by atoms with Crippen LogP contribution in [0.1, 0.15) is 0 Å². The van der Waals surface area contributed by atoms with Gasteiger partial charge in [0.15, 0.2) is 0 Å². The second kappa shape index (κ2) is 5.48. The number of halogens is 1. The lowest BCUT2D eigenvalue weighted by Gasteiger charge is -2.10. The van der Waals surface area contributed by atoms with Crippen molar-refractivity contribution in [1.29, 1.82) is 0 Å². The van der Waals surface area contributed by atoms with Crippen LogP contribution < -0.4 is 5.32 Å². The highest BCUT2D eigenvalue weighted by Crippen LogP contribution is 2.31. The van der Waals surface area contributed by atoms with Crippen molar-refractivity contribution in [1.82, 2.24) is 9.97 Å². The number of benzene rings is 3. The molecule has 4 nitrogen and oxygen atoms in total. The van der Waals surface area contributed by atoms with Crippen molar-refractivity contribution in [3.05, 3.63) is 55.0 Å². The topological polar surface area (TPSA) is 54.9 Å². The number of aromatic nitrogens is 2. The zero-order chi connectivity index (χ0) is 15.8. The number of nitrogens with zero attached hydrogens (tertiary/aromatic N) is 2. The van der Waals surface area contributed by atoms with Gasteiger partial charge in [-0.05, 0) is 40.4 Å². The Kier molecular flexibility index (Phi) is 3.32. The Morgan fingerprint density at radius 2 is 1.87 bits per heavy atom. The van der Waals surface area contributed by atoms with Gasteiger partial charge in [0.05, 0.1) is 5.52 Å². The molecule has 1 N–H and O–H groups in total. The van der Waals surface area contributed by atoms with Crippen molar-refractivity contribution in [2.24, 2.45) is 0 Å². The van der Waals surface area contributed by atoms with Crippen molar-refractivity contribution in [3.63, 3.8) is 0 Å². The van der Waals surface area contributed by atoms with Gasteiger partial charge in [0, 0.05) is 22.7 Å². The molecule has 1 amide bonds. The summed E-state index contributed by atoms with van der Waals surface area (Å²) in [5.41, 5.74) is 1.68. The van der Waals surface area contributed by atoms with Gasteiger partial charge in [0.1, 0.15) is 12.2 Å². The number of alkyl halides is 1. The summed E-state index contributed by atoms with van der Waals surface area (Å²) in [6.45, 7) is 0. The fourth-order valence-electron chi connectivity index (χ4n) is 2.85. The van der Waals surface area contributed by atoms with Crippen LogP contribution in [0.3, 0.4) is 0 Å². The third-order valence-corrected chi connectivity index (χ3v) is 4.14. The van der Waals surface area contributed by atoms with Crippen molar-refractivity contribution in [3.8, 4) is 0 Å². The first kappa shape index (κ1) is 13.9. The maximum Gasteiger partial charge on any atom is 0.239 e. The number of fused-ring (bicyclic) bond motifs is 4. The largest absolute Gasteiger partial charge is 0.324 e. The average molecular weight is 322 g/mol. The van der Waals surface area contributed by atoms with E-state index in [0.717, 1.165) is 38.1 Å². The van der Waals surface area contributed by atoms with E-state index in [-0.39, 0.29) is 11.8 Å². The van der Waals surface area contributed by atoms with Crippen molar-refractivity contribution >= 4 is 55.6 Å². The highest BCUT2D eigenvalue weighted by atomic mass is 35.5. The molecule has 0 spiro atoms. The van der Waals surface area contributed by atoms with Gasteiger partial charge in [-0.1, -0.05) is 18.2 Å². The van der Waals surface area contributed by atoms with E-state index in [4.69, 9.17) is 11.6 Å². The van der Waals surface area contributed by atoms with Crippen LogP contribution in [0.5, 0.6) is 0 Å². The summed E-state index contributed by atoms with van der Waals surface area (Å²) in [7, 11) is 0. The number of carbonyl (C=O) groups excluding carboxylic acids is 1. The number of hydrogen-bond acceptors (Lipinski definition) is 3. The maximum atomic E-state index is 11.6. The smallest absolute Gasteiger partial charge is 0.239 e. The van der Waals surface area contributed by atoms with E-state index in [1.807, 2.05) is 36.5 Å². The minimum absolute atomic E-state index is 0.0635. The number of amides is 1. The van der Waals surface area contributed by atoms with Gasteiger partial charge in [-0.2, -0.15) is 0 Å². The Hall–Kier alpha value is -2.72. The molecule has 0 aliphatic rings. The predicted molar refractivity (Wildman–Crippen MR) is 93.9 cm³/mol. The molecule has 0 fully saturated rings. The molecule has 0 aliphatic heterocycles. The lowest BCUT2D eigenvalue weighted by Crippen LogP contribution is -2.12. The maximum absolute atomic E-state index is 11.6. The molecule has 1 aromatic heterocycles. The minimum Gasteiger partial charge on any atom is -0.324 e. The van der Waals surface area contributed by atoms with E-state index in [9.17, 15) is 4.79 Å². The number of anilines is 1. The van der Waals surface area contributed by atoms with E-state index < -0.39 is 0 Å². The first-order valence-corrected chi connectivity index (χ1v) is 7.71. The SMILES string of the molecule is O=C(CCl)Nc1cccc2cc3c(ccc4ncncc43)cc12. The Balaban J connectivity index is 2.02. The Bertz CT molecular complexity index is 1060. The summed E-state index contributed by atoms with van der Waals surface area (Å²) in [5.74, 6) is -0.280. The highest BCUT2D eigenvalue weighted by Gasteiger charge is 2.08. The van der Waals surface area contributed by atoms with Gasteiger partial charge < -0.3 is 5.32 Å². The van der Waals surface area contributed by atoms with Gasteiger partial charge in [-0.3, -0.25) is 4.79 Å². The molecule has 0 unspecified atom stereocenters. The molecular formula is C18H12ClN3O. The van der Waals surface area contributed by atoms with E-state index >= 15 is 0 Å². The van der Waals surface area contributed by atoms with Crippen molar-refractivity contribution < 1.29 is 4.79 Å². The van der Waals surface area contributed by atoms with Gasteiger partial charge in [-0.25, -0.2) is 9.97 Å². The fourth-order valence-corrected chi connectivity index (χ4v) is 2.92. The molecule has 23 heavy (non-hydrogen) atoms. The second-order valence-electron chi connectivity index (χ2n) is 5.30. The summed E-state index contributed by atoms with van der Waals surface area (Å²) >= 11 is 5.59. The molecule has 4 aromatic rings. The fraction of sp³-hybridized carbons (Fsp3) is 0.0556. The van der Waals surface area contributed by atoms with Crippen LogP contribution in [0.25, 0.3) is 32.4 Å². The third kappa shape index (κ3) is 2.37. The average Bonchev–Trinajstić information content (AvgIpc) is 2.60.